The summed E-state index contributed by atoms with van der Waals surface area (Å²) in [5.74, 6) is -0.468. The van der Waals surface area contributed by atoms with Crippen LogP contribution in [-0.2, 0) is 24.1 Å². The van der Waals surface area contributed by atoms with Crippen molar-refractivity contribution in [1.82, 2.24) is 10.2 Å². The molecule has 1 amide bonds. The van der Waals surface area contributed by atoms with E-state index in [0.29, 0.717) is 6.54 Å². The van der Waals surface area contributed by atoms with Gasteiger partial charge in [-0.1, -0.05) is 18.2 Å². The number of nitrogens with zero attached hydrogens (tertiary/aromatic N) is 1. The zero-order valence-corrected chi connectivity index (χ0v) is 17.9. The van der Waals surface area contributed by atoms with Gasteiger partial charge in [0.2, 0.25) is 0 Å². The maximum atomic E-state index is 13.7. The fourth-order valence-electron chi connectivity index (χ4n) is 3.81. The van der Waals surface area contributed by atoms with Crippen molar-refractivity contribution in [3.63, 3.8) is 0 Å². The number of carbonyl (C=O) groups is 1. The van der Waals surface area contributed by atoms with Gasteiger partial charge in [0.05, 0.1) is 0 Å². The van der Waals surface area contributed by atoms with E-state index in [4.69, 9.17) is 4.74 Å². The molecule has 0 bridgehead atoms. The van der Waals surface area contributed by atoms with Crippen LogP contribution < -0.4 is 5.32 Å². The summed E-state index contributed by atoms with van der Waals surface area (Å²) in [7, 11) is 0. The number of rotatable bonds is 6. The van der Waals surface area contributed by atoms with E-state index in [1.807, 2.05) is 26.8 Å². The number of ether oxygens (including phenoxy) is 1. The van der Waals surface area contributed by atoms with Gasteiger partial charge in [-0.3, -0.25) is 4.90 Å². The van der Waals surface area contributed by atoms with Gasteiger partial charge in [0.1, 0.15) is 17.2 Å². The van der Waals surface area contributed by atoms with E-state index >= 15 is 0 Å². The van der Waals surface area contributed by atoms with E-state index in [0.717, 1.165) is 49.0 Å². The molecule has 1 heterocycles. The molecule has 1 unspecified atom stereocenters. The van der Waals surface area contributed by atoms with Gasteiger partial charge in [-0.25, -0.2) is 13.6 Å². The smallest absolute Gasteiger partial charge is 0.407 e. The lowest BCUT2D eigenvalue weighted by Crippen LogP contribution is -2.43. The Hall–Kier alpha value is -2.47. The third-order valence-corrected chi connectivity index (χ3v) is 5.19. The average Bonchev–Trinajstić information content (AvgIpc) is 2.66. The predicted octanol–water partition coefficient (Wildman–Crippen LogP) is 4.85. The summed E-state index contributed by atoms with van der Waals surface area (Å²) >= 11 is 0. The minimum Gasteiger partial charge on any atom is -0.444 e. The third-order valence-electron chi connectivity index (χ3n) is 5.19. The first-order valence-electron chi connectivity index (χ1n) is 10.4. The molecule has 0 radical (unpaired) electrons. The highest BCUT2D eigenvalue weighted by Crippen LogP contribution is 2.26. The SMILES string of the molecule is CC(C)(C)OC(=O)NCCCN1Cc2ccc(F)cc2CC1Cc1ccc(F)cc1. The highest BCUT2D eigenvalue weighted by atomic mass is 19.1. The zero-order valence-electron chi connectivity index (χ0n) is 17.9. The first-order chi connectivity index (χ1) is 14.2. The molecule has 0 fully saturated rings. The number of amides is 1. The summed E-state index contributed by atoms with van der Waals surface area (Å²) in [6.45, 7) is 7.54. The molecule has 6 heteroatoms. The van der Waals surface area contributed by atoms with Gasteiger partial charge >= 0.3 is 6.09 Å². The van der Waals surface area contributed by atoms with E-state index in [2.05, 4.69) is 10.2 Å². The molecule has 30 heavy (non-hydrogen) atoms. The molecule has 0 aliphatic carbocycles. The van der Waals surface area contributed by atoms with Crippen LogP contribution in [0.5, 0.6) is 0 Å². The van der Waals surface area contributed by atoms with Crippen molar-refractivity contribution in [3.8, 4) is 0 Å². The Bertz CT molecular complexity index is 862. The number of fused-ring (bicyclic) bond motifs is 1. The van der Waals surface area contributed by atoms with Gasteiger partial charge in [0.15, 0.2) is 0 Å². The largest absolute Gasteiger partial charge is 0.444 e. The fourth-order valence-corrected chi connectivity index (χ4v) is 3.81. The second-order valence-corrected chi connectivity index (χ2v) is 8.85. The average molecular weight is 417 g/mol. The molecular weight excluding hydrogens is 386 g/mol. The number of nitrogens with one attached hydrogen (secondary N) is 1. The molecule has 2 aromatic carbocycles. The minimum absolute atomic E-state index is 0.186. The molecule has 0 saturated carbocycles. The van der Waals surface area contributed by atoms with Crippen LogP contribution in [0, 0.1) is 11.6 Å². The Labute approximate surface area is 177 Å². The van der Waals surface area contributed by atoms with Gasteiger partial charge in [0, 0.05) is 25.7 Å². The van der Waals surface area contributed by atoms with Crippen molar-refractivity contribution in [2.24, 2.45) is 0 Å². The summed E-state index contributed by atoms with van der Waals surface area (Å²) < 4.78 is 32.3. The molecule has 1 N–H and O–H groups in total. The molecule has 2 aromatic rings. The molecule has 3 rings (SSSR count). The number of hydrogen-bond donors (Lipinski definition) is 1. The highest BCUT2D eigenvalue weighted by molar-refractivity contribution is 5.67. The lowest BCUT2D eigenvalue weighted by molar-refractivity contribution is 0.0524. The quantitative estimate of drug-likeness (QED) is 0.685. The van der Waals surface area contributed by atoms with Crippen molar-refractivity contribution in [3.05, 3.63) is 70.8 Å². The number of hydrogen-bond acceptors (Lipinski definition) is 3. The molecule has 0 spiro atoms. The van der Waals surface area contributed by atoms with Gasteiger partial charge in [-0.15, -0.1) is 0 Å². The lowest BCUT2D eigenvalue weighted by atomic mass is 9.90. The van der Waals surface area contributed by atoms with E-state index in [9.17, 15) is 13.6 Å². The summed E-state index contributed by atoms with van der Waals surface area (Å²) in [5, 5.41) is 2.80. The fraction of sp³-hybridized carbons (Fsp3) is 0.458. The van der Waals surface area contributed by atoms with E-state index in [1.54, 1.807) is 18.2 Å². The second kappa shape index (κ2) is 9.56. The standard InChI is InChI=1S/C24H30F2N2O2/c1-24(2,3)30-23(29)27-11-4-12-28-16-18-7-10-21(26)14-19(18)15-22(28)13-17-5-8-20(25)9-6-17/h5-10,14,22H,4,11-13,15-16H2,1-3H3,(H,27,29). The number of alkyl carbamates (subject to hydrolysis) is 1. The van der Waals surface area contributed by atoms with Crippen LogP contribution in [0.3, 0.4) is 0 Å². The van der Waals surface area contributed by atoms with Gasteiger partial charge in [-0.05, 0) is 81.0 Å². The highest BCUT2D eigenvalue weighted by Gasteiger charge is 2.26. The second-order valence-electron chi connectivity index (χ2n) is 8.85. The third kappa shape index (κ3) is 6.52. The van der Waals surface area contributed by atoms with Crippen LogP contribution >= 0.6 is 0 Å². The Morgan fingerprint density at radius 1 is 1.10 bits per heavy atom. The van der Waals surface area contributed by atoms with E-state index in [1.165, 1.54) is 18.2 Å². The van der Waals surface area contributed by atoms with Gasteiger partial charge in [-0.2, -0.15) is 0 Å². The topological polar surface area (TPSA) is 41.6 Å². The number of carbonyl (C=O) groups excluding carboxylic acids is 1. The monoisotopic (exact) mass is 416 g/mol. The Balaban J connectivity index is 1.62. The summed E-state index contributed by atoms with van der Waals surface area (Å²) in [5.41, 5.74) is 2.70. The molecule has 162 valence electrons. The first-order valence-corrected chi connectivity index (χ1v) is 10.4. The lowest BCUT2D eigenvalue weighted by Gasteiger charge is -2.37. The first kappa shape index (κ1) is 22.2. The van der Waals surface area contributed by atoms with Crippen LogP contribution in [0.15, 0.2) is 42.5 Å². The summed E-state index contributed by atoms with van der Waals surface area (Å²) in [6, 6.07) is 11.7. The Morgan fingerprint density at radius 3 is 2.50 bits per heavy atom. The normalized spacial score (nSPS) is 16.8. The predicted molar refractivity (Wildman–Crippen MR) is 113 cm³/mol. The molecule has 1 aliphatic heterocycles. The van der Waals surface area contributed by atoms with Gasteiger partial charge < -0.3 is 10.1 Å². The Kier molecular flexibility index (Phi) is 7.08. The van der Waals surface area contributed by atoms with Crippen LogP contribution in [0.2, 0.25) is 0 Å². The molecular formula is C24H30F2N2O2. The van der Waals surface area contributed by atoms with Crippen LogP contribution in [0.1, 0.15) is 43.9 Å². The van der Waals surface area contributed by atoms with Crippen molar-refractivity contribution in [2.75, 3.05) is 13.1 Å². The van der Waals surface area contributed by atoms with Crippen LogP contribution in [0.25, 0.3) is 0 Å². The molecule has 1 atom stereocenters. The molecule has 0 aromatic heterocycles. The van der Waals surface area contributed by atoms with Crippen molar-refractivity contribution >= 4 is 6.09 Å². The molecule has 1 aliphatic rings. The summed E-state index contributed by atoms with van der Waals surface area (Å²) in [6.07, 6.45) is 1.86. The number of benzene rings is 2. The van der Waals surface area contributed by atoms with E-state index in [-0.39, 0.29) is 17.7 Å². The number of halogens is 2. The zero-order chi connectivity index (χ0) is 21.7. The van der Waals surface area contributed by atoms with E-state index < -0.39 is 11.7 Å². The maximum Gasteiger partial charge on any atom is 0.407 e. The molecule has 0 saturated heterocycles. The minimum atomic E-state index is -0.518. The maximum absolute atomic E-state index is 13.7. The van der Waals surface area contributed by atoms with Crippen LogP contribution in [-0.4, -0.2) is 35.7 Å². The molecule has 4 nitrogen and oxygen atoms in total. The van der Waals surface area contributed by atoms with Crippen molar-refractivity contribution < 1.29 is 18.3 Å². The van der Waals surface area contributed by atoms with Crippen LogP contribution in [0.4, 0.5) is 13.6 Å². The summed E-state index contributed by atoms with van der Waals surface area (Å²) in [4.78, 5) is 14.2. The van der Waals surface area contributed by atoms with Gasteiger partial charge in [0.25, 0.3) is 0 Å². The van der Waals surface area contributed by atoms with Crippen molar-refractivity contribution in [1.29, 1.82) is 0 Å². The van der Waals surface area contributed by atoms with Crippen molar-refractivity contribution in [2.45, 2.75) is 58.2 Å². The Morgan fingerprint density at radius 2 is 1.80 bits per heavy atom.